The summed E-state index contributed by atoms with van der Waals surface area (Å²) in [5.74, 6) is 0.327. The number of rotatable bonds is 7. The van der Waals surface area contributed by atoms with Crippen LogP contribution in [0.3, 0.4) is 0 Å². The molecule has 3 aromatic rings. The van der Waals surface area contributed by atoms with E-state index in [9.17, 15) is 9.59 Å². The molecule has 0 aliphatic rings. The van der Waals surface area contributed by atoms with Gasteiger partial charge in [0, 0.05) is 17.2 Å². The van der Waals surface area contributed by atoms with Crippen molar-refractivity contribution in [1.29, 1.82) is 0 Å². The zero-order valence-corrected chi connectivity index (χ0v) is 20.3. The summed E-state index contributed by atoms with van der Waals surface area (Å²) in [6.45, 7) is 3.75. The van der Waals surface area contributed by atoms with Crippen LogP contribution in [0.1, 0.15) is 34.7 Å². The third-order valence-electron chi connectivity index (χ3n) is 4.52. The molecule has 0 unspecified atom stereocenters. The molecule has 0 aliphatic heterocycles. The first-order chi connectivity index (χ1) is 14.8. The van der Waals surface area contributed by atoms with Gasteiger partial charge < -0.3 is 15.2 Å². The molecule has 0 spiro atoms. The summed E-state index contributed by atoms with van der Waals surface area (Å²) < 4.78 is 2.72. The minimum absolute atomic E-state index is 0.139. The Morgan fingerprint density at radius 1 is 1.23 bits per heavy atom. The lowest BCUT2D eigenvalue weighted by Gasteiger charge is -2.14. The highest BCUT2D eigenvalue weighted by Gasteiger charge is 2.20. The number of carbonyl (C=O) groups is 2. The molecule has 0 radical (unpaired) electrons. The first-order valence-corrected chi connectivity index (χ1v) is 11.6. The summed E-state index contributed by atoms with van der Waals surface area (Å²) in [5.41, 5.74) is 2.13. The van der Waals surface area contributed by atoms with Gasteiger partial charge >= 0.3 is 0 Å². The number of hydrogen-bond donors (Lipinski definition) is 2. The van der Waals surface area contributed by atoms with E-state index in [0.717, 1.165) is 15.7 Å². The predicted octanol–water partition coefficient (Wildman–Crippen LogP) is 4.76. The quantitative estimate of drug-likeness (QED) is 0.437. The number of benzene rings is 2. The number of anilines is 1. The van der Waals surface area contributed by atoms with E-state index in [1.165, 1.54) is 11.8 Å². The lowest BCUT2D eigenvalue weighted by Crippen LogP contribution is -2.28. The number of hydrogen-bond acceptors (Lipinski definition) is 5. The number of aryl methyl sites for hydroxylation is 1. The largest absolute Gasteiger partial charge is 0.342 e. The summed E-state index contributed by atoms with van der Waals surface area (Å²) in [7, 11) is 1.80. The molecule has 0 fully saturated rings. The maximum atomic E-state index is 12.5. The Bertz CT molecular complexity index is 1120. The topological polar surface area (TPSA) is 88.9 Å². The molecule has 1 atom stereocenters. The average Bonchev–Trinajstić information content (AvgIpc) is 3.09. The number of aromatic nitrogens is 3. The Labute approximate surface area is 198 Å². The normalized spacial score (nSPS) is 11.8. The molecule has 0 aliphatic carbocycles. The van der Waals surface area contributed by atoms with Crippen molar-refractivity contribution in [1.82, 2.24) is 20.1 Å². The number of nitrogens with one attached hydrogen (secondary N) is 2. The summed E-state index contributed by atoms with van der Waals surface area (Å²) in [4.78, 5) is 24.8. The highest BCUT2D eigenvalue weighted by atomic mass is 79.9. The number of thioether (sulfide) groups is 1. The molecule has 2 aromatic carbocycles. The van der Waals surface area contributed by atoms with Gasteiger partial charge in [-0.3, -0.25) is 9.59 Å². The summed E-state index contributed by atoms with van der Waals surface area (Å²) in [6, 6.07) is 12.1. The van der Waals surface area contributed by atoms with E-state index < -0.39 is 6.04 Å². The smallest absolute Gasteiger partial charge is 0.253 e. The molecule has 0 bridgehead atoms. The van der Waals surface area contributed by atoms with Crippen molar-refractivity contribution >= 4 is 56.8 Å². The molecule has 1 aromatic heterocycles. The van der Waals surface area contributed by atoms with Crippen LogP contribution in [0.4, 0.5) is 5.69 Å². The van der Waals surface area contributed by atoms with Crippen LogP contribution in [0.25, 0.3) is 0 Å². The monoisotopic (exact) mass is 521 g/mol. The van der Waals surface area contributed by atoms with Crippen molar-refractivity contribution in [3.05, 3.63) is 68.9 Å². The zero-order chi connectivity index (χ0) is 22.5. The standard InChI is InChI=1S/C21H21BrClN5O2S/c1-12-10-14(22)8-9-17(12)25-18(29)11-31-21-27-26-19(28(21)3)13(2)24-20(30)15-6-4-5-7-16(15)23/h4-10,13H,11H2,1-3H3,(H,24,30)(H,25,29)/t13-/m0/s1. The lowest BCUT2D eigenvalue weighted by molar-refractivity contribution is -0.113. The zero-order valence-electron chi connectivity index (χ0n) is 17.1. The van der Waals surface area contributed by atoms with Crippen LogP contribution in [0.2, 0.25) is 5.02 Å². The molecule has 0 saturated heterocycles. The Hall–Kier alpha value is -2.36. The van der Waals surface area contributed by atoms with Crippen LogP contribution in [0.5, 0.6) is 0 Å². The van der Waals surface area contributed by atoms with Gasteiger partial charge in [0.05, 0.1) is 22.4 Å². The molecule has 162 valence electrons. The first-order valence-electron chi connectivity index (χ1n) is 9.39. The second-order valence-electron chi connectivity index (χ2n) is 6.87. The molecular formula is C21H21BrClN5O2S. The Morgan fingerprint density at radius 3 is 2.68 bits per heavy atom. The van der Waals surface area contributed by atoms with Crippen LogP contribution < -0.4 is 10.6 Å². The van der Waals surface area contributed by atoms with Crippen LogP contribution in [0.15, 0.2) is 52.1 Å². The third-order valence-corrected chi connectivity index (χ3v) is 6.36. The number of nitrogens with zero attached hydrogens (tertiary/aromatic N) is 3. The fraction of sp³-hybridized carbons (Fsp3) is 0.238. The van der Waals surface area contributed by atoms with Crippen molar-refractivity contribution in [3.8, 4) is 0 Å². The highest BCUT2D eigenvalue weighted by molar-refractivity contribution is 9.10. The lowest BCUT2D eigenvalue weighted by atomic mass is 10.2. The maximum Gasteiger partial charge on any atom is 0.253 e. The van der Waals surface area contributed by atoms with Crippen LogP contribution in [-0.4, -0.2) is 32.3 Å². The van der Waals surface area contributed by atoms with Gasteiger partial charge in [0.2, 0.25) is 5.91 Å². The van der Waals surface area contributed by atoms with Crippen LogP contribution >= 0.6 is 39.3 Å². The van der Waals surface area contributed by atoms with Gasteiger partial charge in [0.15, 0.2) is 11.0 Å². The van der Waals surface area contributed by atoms with E-state index in [4.69, 9.17) is 11.6 Å². The van der Waals surface area contributed by atoms with Crippen molar-refractivity contribution in [2.24, 2.45) is 7.05 Å². The highest BCUT2D eigenvalue weighted by Crippen LogP contribution is 2.23. The predicted molar refractivity (Wildman–Crippen MR) is 127 cm³/mol. The van der Waals surface area contributed by atoms with Crippen molar-refractivity contribution in [3.63, 3.8) is 0 Å². The van der Waals surface area contributed by atoms with Gasteiger partial charge in [-0.25, -0.2) is 0 Å². The van der Waals surface area contributed by atoms with E-state index in [2.05, 4.69) is 36.8 Å². The van der Waals surface area contributed by atoms with Crippen LogP contribution in [-0.2, 0) is 11.8 Å². The molecule has 7 nitrogen and oxygen atoms in total. The molecule has 31 heavy (non-hydrogen) atoms. The summed E-state index contributed by atoms with van der Waals surface area (Å²) in [5, 5.41) is 15.1. The molecule has 3 rings (SSSR count). The van der Waals surface area contributed by atoms with Gasteiger partial charge in [-0.1, -0.05) is 51.4 Å². The molecular weight excluding hydrogens is 502 g/mol. The van der Waals surface area contributed by atoms with Crippen molar-refractivity contribution < 1.29 is 9.59 Å². The van der Waals surface area contributed by atoms with Gasteiger partial charge in [-0.15, -0.1) is 10.2 Å². The Kier molecular flexibility index (Phi) is 7.74. The minimum Gasteiger partial charge on any atom is -0.342 e. The van der Waals surface area contributed by atoms with Gasteiger partial charge in [-0.2, -0.15) is 0 Å². The van der Waals surface area contributed by atoms with Gasteiger partial charge in [-0.05, 0) is 49.7 Å². The molecule has 0 saturated carbocycles. The molecule has 10 heteroatoms. The molecule has 1 heterocycles. The van der Waals surface area contributed by atoms with Gasteiger partial charge in [0.25, 0.3) is 5.91 Å². The minimum atomic E-state index is -0.394. The first kappa shape index (κ1) is 23.3. The summed E-state index contributed by atoms with van der Waals surface area (Å²) in [6.07, 6.45) is 0. The van der Waals surface area contributed by atoms with E-state index in [1.807, 2.05) is 32.0 Å². The van der Waals surface area contributed by atoms with Gasteiger partial charge in [0.1, 0.15) is 0 Å². The SMILES string of the molecule is Cc1cc(Br)ccc1NC(=O)CSc1nnc([C@H](C)NC(=O)c2ccccc2Cl)n1C. The van der Waals surface area contributed by atoms with E-state index in [-0.39, 0.29) is 17.6 Å². The number of carbonyl (C=O) groups excluding carboxylic acids is 2. The van der Waals surface area contributed by atoms with E-state index in [1.54, 1.807) is 35.9 Å². The second-order valence-corrected chi connectivity index (χ2v) is 9.14. The fourth-order valence-corrected chi connectivity index (χ4v) is 4.31. The van der Waals surface area contributed by atoms with E-state index in [0.29, 0.717) is 21.6 Å². The fourth-order valence-electron chi connectivity index (χ4n) is 2.90. The second kappa shape index (κ2) is 10.3. The van der Waals surface area contributed by atoms with E-state index >= 15 is 0 Å². The Morgan fingerprint density at radius 2 is 1.97 bits per heavy atom. The van der Waals surface area contributed by atoms with Crippen molar-refractivity contribution in [2.75, 3.05) is 11.1 Å². The number of amides is 2. The third kappa shape index (κ3) is 5.87. The molecule has 2 amide bonds. The average molecular weight is 523 g/mol. The van der Waals surface area contributed by atoms with Crippen molar-refractivity contribution in [2.45, 2.75) is 25.0 Å². The summed E-state index contributed by atoms with van der Waals surface area (Å²) >= 11 is 10.8. The molecule has 2 N–H and O–H groups in total. The maximum absolute atomic E-state index is 12.5. The van der Waals surface area contributed by atoms with Crippen LogP contribution in [0, 0.1) is 6.92 Å². The number of halogens is 2. The Balaban J connectivity index is 1.59.